The summed E-state index contributed by atoms with van der Waals surface area (Å²) >= 11 is 5.77. The van der Waals surface area contributed by atoms with Gasteiger partial charge in [-0.25, -0.2) is 0 Å². The molecule has 0 aromatic heterocycles. The van der Waals surface area contributed by atoms with E-state index in [9.17, 15) is 4.79 Å². The van der Waals surface area contributed by atoms with E-state index in [1.54, 1.807) is 0 Å². The molecule has 0 bridgehead atoms. The second-order valence-corrected chi connectivity index (χ2v) is 3.82. The van der Waals surface area contributed by atoms with Gasteiger partial charge in [0, 0.05) is 18.0 Å². The van der Waals surface area contributed by atoms with E-state index in [-0.39, 0.29) is 11.9 Å². The molecular weight excluding hydrogens is 212 g/mol. The van der Waals surface area contributed by atoms with E-state index in [1.165, 1.54) is 0 Å². The molecule has 0 spiro atoms. The minimum Gasteiger partial charge on any atom is -0.350 e. The fraction of sp³-hybridized carbons (Fsp3) is 0.364. The summed E-state index contributed by atoms with van der Waals surface area (Å²) in [7, 11) is 0. The van der Waals surface area contributed by atoms with Gasteiger partial charge in [-0.3, -0.25) is 4.79 Å². The third-order valence-corrected chi connectivity index (χ3v) is 2.37. The summed E-state index contributed by atoms with van der Waals surface area (Å²) in [5.74, 6) is -0.0278. The minimum absolute atomic E-state index is 0.0127. The lowest BCUT2D eigenvalue weighted by molar-refractivity contribution is -0.121. The Labute approximate surface area is 94.6 Å². The highest BCUT2D eigenvalue weighted by molar-refractivity contribution is 6.30. The van der Waals surface area contributed by atoms with Gasteiger partial charge in [-0.1, -0.05) is 23.7 Å². The van der Waals surface area contributed by atoms with Gasteiger partial charge in [-0.05, 0) is 24.6 Å². The number of carbonyl (C=O) groups is 1. The van der Waals surface area contributed by atoms with Crippen molar-refractivity contribution in [2.24, 2.45) is 5.73 Å². The number of benzene rings is 1. The third-order valence-electron chi connectivity index (χ3n) is 2.12. The quantitative estimate of drug-likeness (QED) is 0.824. The predicted molar refractivity (Wildman–Crippen MR) is 61.7 cm³/mol. The number of rotatable bonds is 4. The largest absolute Gasteiger partial charge is 0.350 e. The van der Waals surface area contributed by atoms with Crippen LogP contribution in [-0.2, 0) is 4.79 Å². The molecule has 15 heavy (non-hydrogen) atoms. The van der Waals surface area contributed by atoms with Crippen LogP contribution >= 0.6 is 11.6 Å². The van der Waals surface area contributed by atoms with E-state index in [1.807, 2.05) is 31.2 Å². The lowest BCUT2D eigenvalue weighted by Gasteiger charge is -2.13. The normalized spacial score (nSPS) is 12.2. The average molecular weight is 227 g/mol. The predicted octanol–water partition coefficient (Wildman–Crippen LogP) is 1.87. The van der Waals surface area contributed by atoms with Gasteiger partial charge < -0.3 is 11.1 Å². The molecule has 0 unspecified atom stereocenters. The lowest BCUT2D eigenvalue weighted by Crippen LogP contribution is -2.28. The molecule has 1 aromatic rings. The Morgan fingerprint density at radius 2 is 2.07 bits per heavy atom. The smallest absolute Gasteiger partial charge is 0.221 e. The molecule has 82 valence electrons. The van der Waals surface area contributed by atoms with Crippen molar-refractivity contribution < 1.29 is 4.79 Å². The summed E-state index contributed by atoms with van der Waals surface area (Å²) < 4.78 is 0. The standard InChI is InChI=1S/C11H15ClN2O/c1-8(14-11(15)6-7-13)9-2-4-10(12)5-3-9/h2-5,8H,6-7,13H2,1H3,(H,14,15)/t8-/m1/s1. The van der Waals surface area contributed by atoms with Gasteiger partial charge in [0.25, 0.3) is 0 Å². The van der Waals surface area contributed by atoms with Crippen LogP contribution in [0.2, 0.25) is 5.02 Å². The van der Waals surface area contributed by atoms with Crippen molar-refractivity contribution in [2.45, 2.75) is 19.4 Å². The molecule has 0 saturated carbocycles. The first-order valence-electron chi connectivity index (χ1n) is 4.88. The molecule has 1 atom stereocenters. The molecule has 3 N–H and O–H groups in total. The Morgan fingerprint density at radius 1 is 1.47 bits per heavy atom. The molecule has 0 fully saturated rings. The average Bonchev–Trinajstić information content (AvgIpc) is 2.18. The van der Waals surface area contributed by atoms with Crippen molar-refractivity contribution in [1.82, 2.24) is 5.32 Å². The van der Waals surface area contributed by atoms with Crippen molar-refractivity contribution in [3.63, 3.8) is 0 Å². The summed E-state index contributed by atoms with van der Waals surface area (Å²) in [5, 5.41) is 3.55. The van der Waals surface area contributed by atoms with Crippen LogP contribution < -0.4 is 11.1 Å². The highest BCUT2D eigenvalue weighted by atomic mass is 35.5. The highest BCUT2D eigenvalue weighted by Crippen LogP contribution is 2.15. The number of amides is 1. The van der Waals surface area contributed by atoms with Gasteiger partial charge in [0.05, 0.1) is 6.04 Å². The van der Waals surface area contributed by atoms with Gasteiger partial charge >= 0.3 is 0 Å². The first kappa shape index (κ1) is 12.0. The molecule has 0 radical (unpaired) electrons. The fourth-order valence-corrected chi connectivity index (χ4v) is 1.41. The van der Waals surface area contributed by atoms with Gasteiger partial charge in [0.15, 0.2) is 0 Å². The zero-order chi connectivity index (χ0) is 11.3. The lowest BCUT2D eigenvalue weighted by atomic mass is 10.1. The van der Waals surface area contributed by atoms with Gasteiger partial charge in [0.2, 0.25) is 5.91 Å². The van der Waals surface area contributed by atoms with E-state index in [4.69, 9.17) is 17.3 Å². The Kier molecular flexibility index (Phi) is 4.59. The van der Waals surface area contributed by atoms with Crippen LogP contribution in [0, 0.1) is 0 Å². The molecular formula is C11H15ClN2O. The van der Waals surface area contributed by atoms with Crippen molar-refractivity contribution >= 4 is 17.5 Å². The van der Waals surface area contributed by atoms with Gasteiger partial charge in [-0.2, -0.15) is 0 Å². The maximum Gasteiger partial charge on any atom is 0.221 e. The molecule has 1 aromatic carbocycles. The zero-order valence-electron chi connectivity index (χ0n) is 8.66. The Hall–Kier alpha value is -1.06. The van der Waals surface area contributed by atoms with E-state index in [2.05, 4.69) is 5.32 Å². The topological polar surface area (TPSA) is 55.1 Å². The number of carbonyl (C=O) groups excluding carboxylic acids is 1. The van der Waals surface area contributed by atoms with Gasteiger partial charge in [0.1, 0.15) is 0 Å². The van der Waals surface area contributed by atoms with E-state index in [0.717, 1.165) is 5.56 Å². The van der Waals surface area contributed by atoms with E-state index in [0.29, 0.717) is 18.0 Å². The molecule has 0 aliphatic carbocycles. The maximum atomic E-state index is 11.3. The number of hydrogen-bond acceptors (Lipinski definition) is 2. The zero-order valence-corrected chi connectivity index (χ0v) is 9.42. The van der Waals surface area contributed by atoms with Crippen molar-refractivity contribution in [1.29, 1.82) is 0 Å². The monoisotopic (exact) mass is 226 g/mol. The van der Waals surface area contributed by atoms with Gasteiger partial charge in [-0.15, -0.1) is 0 Å². The molecule has 1 amide bonds. The SMILES string of the molecule is C[C@@H](NC(=O)CCN)c1ccc(Cl)cc1. The van der Waals surface area contributed by atoms with Crippen LogP contribution in [0.5, 0.6) is 0 Å². The Bertz CT molecular complexity index is 324. The summed E-state index contributed by atoms with van der Waals surface area (Å²) in [4.78, 5) is 11.3. The molecule has 0 saturated heterocycles. The van der Waals surface area contributed by atoms with Crippen molar-refractivity contribution in [3.05, 3.63) is 34.9 Å². The van der Waals surface area contributed by atoms with E-state index < -0.39 is 0 Å². The molecule has 0 aliphatic rings. The van der Waals surface area contributed by atoms with Crippen LogP contribution in [0.4, 0.5) is 0 Å². The van der Waals surface area contributed by atoms with Crippen molar-refractivity contribution in [2.75, 3.05) is 6.54 Å². The number of hydrogen-bond donors (Lipinski definition) is 2. The summed E-state index contributed by atoms with van der Waals surface area (Å²) in [6.07, 6.45) is 0.359. The summed E-state index contributed by atoms with van der Waals surface area (Å²) in [5.41, 5.74) is 6.32. The fourth-order valence-electron chi connectivity index (χ4n) is 1.28. The summed E-state index contributed by atoms with van der Waals surface area (Å²) in [6.45, 7) is 2.30. The number of nitrogens with one attached hydrogen (secondary N) is 1. The van der Waals surface area contributed by atoms with E-state index >= 15 is 0 Å². The maximum absolute atomic E-state index is 11.3. The molecule has 4 heteroatoms. The first-order chi connectivity index (χ1) is 7.13. The van der Waals surface area contributed by atoms with Crippen LogP contribution in [0.15, 0.2) is 24.3 Å². The first-order valence-corrected chi connectivity index (χ1v) is 5.26. The second-order valence-electron chi connectivity index (χ2n) is 3.38. The second kappa shape index (κ2) is 5.73. The Morgan fingerprint density at radius 3 is 2.60 bits per heavy atom. The summed E-state index contributed by atoms with van der Waals surface area (Å²) in [6, 6.07) is 7.40. The third kappa shape index (κ3) is 3.90. The molecule has 0 heterocycles. The van der Waals surface area contributed by atoms with Crippen LogP contribution in [0.3, 0.4) is 0 Å². The Balaban J connectivity index is 2.57. The molecule has 1 rings (SSSR count). The number of halogens is 1. The van der Waals surface area contributed by atoms with Crippen molar-refractivity contribution in [3.8, 4) is 0 Å². The van der Waals surface area contributed by atoms with Crippen LogP contribution in [0.25, 0.3) is 0 Å². The minimum atomic E-state index is -0.0278. The van der Waals surface area contributed by atoms with Crippen LogP contribution in [0.1, 0.15) is 24.9 Å². The highest BCUT2D eigenvalue weighted by Gasteiger charge is 2.08. The van der Waals surface area contributed by atoms with Crippen LogP contribution in [-0.4, -0.2) is 12.5 Å². The number of nitrogens with two attached hydrogens (primary N) is 1. The molecule has 0 aliphatic heterocycles. The molecule has 3 nitrogen and oxygen atoms in total.